The third-order valence-electron chi connectivity index (χ3n) is 6.23. The van der Waals surface area contributed by atoms with Gasteiger partial charge in [0.2, 0.25) is 0 Å². The summed E-state index contributed by atoms with van der Waals surface area (Å²) in [6, 6.07) is 10.1. The Kier molecular flexibility index (Phi) is 6.31. The third-order valence-corrected chi connectivity index (χ3v) is 6.23. The highest BCUT2D eigenvalue weighted by Crippen LogP contribution is 2.29. The fraction of sp³-hybridized carbons (Fsp3) is 0.400. The highest BCUT2D eigenvalue weighted by atomic mass is 16.2. The molecular weight excluding hydrogens is 400 g/mol. The third kappa shape index (κ3) is 4.54. The number of hydrogen-bond acceptors (Lipinski definition) is 5. The van der Waals surface area contributed by atoms with Gasteiger partial charge in [0, 0.05) is 37.6 Å². The Balaban J connectivity index is 1.60. The first kappa shape index (κ1) is 21.7. The van der Waals surface area contributed by atoms with Crippen LogP contribution in [0.5, 0.6) is 0 Å². The van der Waals surface area contributed by atoms with E-state index in [1.807, 2.05) is 55.3 Å². The molecule has 32 heavy (non-hydrogen) atoms. The molecule has 0 N–H and O–H groups in total. The number of rotatable bonds is 5. The minimum Gasteiger partial charge on any atom is -0.335 e. The van der Waals surface area contributed by atoms with E-state index in [0.29, 0.717) is 29.3 Å². The summed E-state index contributed by atoms with van der Waals surface area (Å²) >= 11 is 0. The lowest BCUT2D eigenvalue weighted by molar-refractivity contribution is 0.0498. The van der Waals surface area contributed by atoms with Gasteiger partial charge in [0.05, 0.1) is 22.5 Å². The predicted octanol–water partition coefficient (Wildman–Crippen LogP) is 4.02. The van der Waals surface area contributed by atoms with Crippen LogP contribution >= 0.6 is 0 Å². The van der Waals surface area contributed by atoms with Crippen LogP contribution in [0.1, 0.15) is 59.2 Å². The van der Waals surface area contributed by atoms with Gasteiger partial charge in [-0.15, -0.1) is 0 Å². The maximum absolute atomic E-state index is 13.8. The van der Waals surface area contributed by atoms with E-state index in [0.717, 1.165) is 42.8 Å². The molecule has 7 nitrogen and oxygen atoms in total. The van der Waals surface area contributed by atoms with Crippen LogP contribution in [0.4, 0.5) is 0 Å². The van der Waals surface area contributed by atoms with E-state index in [1.165, 1.54) is 0 Å². The molecule has 4 rings (SSSR count). The molecular formula is C25H28N6O. The Morgan fingerprint density at radius 3 is 2.69 bits per heavy atom. The number of aryl methyl sites for hydroxylation is 3. The summed E-state index contributed by atoms with van der Waals surface area (Å²) in [7, 11) is 0. The average Bonchev–Trinajstić information content (AvgIpc) is 3.24. The Labute approximate surface area is 188 Å². The van der Waals surface area contributed by atoms with Crippen molar-refractivity contribution in [2.45, 2.75) is 52.5 Å². The number of piperidine rings is 1. The molecule has 0 unspecified atom stereocenters. The maximum Gasteiger partial charge on any atom is 0.256 e. The van der Waals surface area contributed by atoms with Gasteiger partial charge in [0.15, 0.2) is 0 Å². The summed E-state index contributed by atoms with van der Waals surface area (Å²) in [5.41, 5.74) is 3.91. The first-order valence-corrected chi connectivity index (χ1v) is 11.1. The molecule has 1 saturated heterocycles. The number of hydrogen-bond donors (Lipinski definition) is 0. The van der Waals surface area contributed by atoms with Crippen molar-refractivity contribution < 1.29 is 4.79 Å². The zero-order valence-electron chi connectivity index (χ0n) is 18.8. The molecule has 1 fully saturated rings. The molecule has 0 spiro atoms. The van der Waals surface area contributed by atoms with Gasteiger partial charge in [-0.05, 0) is 57.2 Å². The normalized spacial score (nSPS) is 18.4. The van der Waals surface area contributed by atoms with Gasteiger partial charge in [-0.25, -0.2) is 14.6 Å². The van der Waals surface area contributed by atoms with Crippen LogP contribution in [0.15, 0.2) is 42.9 Å². The smallest absolute Gasteiger partial charge is 0.256 e. The van der Waals surface area contributed by atoms with E-state index < -0.39 is 0 Å². The Hall–Kier alpha value is -3.53. The van der Waals surface area contributed by atoms with Crippen molar-refractivity contribution in [1.29, 1.82) is 5.26 Å². The predicted molar refractivity (Wildman–Crippen MR) is 121 cm³/mol. The molecule has 0 radical (unpaired) electrons. The van der Waals surface area contributed by atoms with Gasteiger partial charge < -0.3 is 4.90 Å². The van der Waals surface area contributed by atoms with Crippen LogP contribution in [0.25, 0.3) is 5.69 Å². The zero-order chi connectivity index (χ0) is 22.7. The highest BCUT2D eigenvalue weighted by Gasteiger charge is 2.33. The summed E-state index contributed by atoms with van der Waals surface area (Å²) in [5.74, 6) is 1.15. The second-order valence-electron chi connectivity index (χ2n) is 8.65. The van der Waals surface area contributed by atoms with Crippen LogP contribution in [-0.2, 0) is 6.42 Å². The van der Waals surface area contributed by atoms with Crippen molar-refractivity contribution in [3.63, 3.8) is 0 Å². The number of carbonyl (C=O) groups is 1. The largest absolute Gasteiger partial charge is 0.335 e. The fourth-order valence-corrected chi connectivity index (χ4v) is 4.49. The summed E-state index contributed by atoms with van der Waals surface area (Å²) < 4.78 is 1.79. The van der Waals surface area contributed by atoms with Gasteiger partial charge in [0.1, 0.15) is 11.9 Å². The van der Waals surface area contributed by atoms with E-state index in [4.69, 9.17) is 5.26 Å². The second kappa shape index (κ2) is 9.31. The summed E-state index contributed by atoms with van der Waals surface area (Å²) in [5, 5.41) is 13.5. The molecule has 3 heterocycles. The molecule has 0 bridgehead atoms. The van der Waals surface area contributed by atoms with Crippen molar-refractivity contribution >= 4 is 5.91 Å². The summed E-state index contributed by atoms with van der Waals surface area (Å²) in [6.45, 7) is 6.92. The summed E-state index contributed by atoms with van der Waals surface area (Å²) in [6.07, 6.45) is 8.57. The number of amides is 1. The van der Waals surface area contributed by atoms with E-state index in [9.17, 15) is 4.79 Å². The minimum absolute atomic E-state index is 0.0501. The quantitative estimate of drug-likeness (QED) is 0.612. The number of nitrogens with zero attached hydrogens (tertiary/aromatic N) is 6. The van der Waals surface area contributed by atoms with Crippen LogP contribution in [-0.4, -0.2) is 43.1 Å². The van der Waals surface area contributed by atoms with E-state index in [-0.39, 0.29) is 11.9 Å². The Morgan fingerprint density at radius 2 is 2.00 bits per heavy atom. The van der Waals surface area contributed by atoms with Crippen molar-refractivity contribution in [3.8, 4) is 11.8 Å². The topological polar surface area (TPSA) is 87.7 Å². The second-order valence-corrected chi connectivity index (χ2v) is 8.65. The molecule has 7 heteroatoms. The van der Waals surface area contributed by atoms with Crippen LogP contribution in [0.3, 0.4) is 0 Å². The highest BCUT2D eigenvalue weighted by molar-refractivity contribution is 5.98. The molecule has 3 aromatic rings. The first-order valence-electron chi connectivity index (χ1n) is 11.1. The lowest BCUT2D eigenvalue weighted by atomic mass is 9.87. The average molecular weight is 429 g/mol. The SMILES string of the molecule is Cc1ccc(-n2ccc(C)n2)c(C(=O)N2CCC[C@@H](C)[C@H]2CCc2ncc(C#N)cn2)c1. The van der Waals surface area contributed by atoms with Crippen molar-refractivity contribution in [1.82, 2.24) is 24.6 Å². The van der Waals surface area contributed by atoms with Gasteiger partial charge in [0.25, 0.3) is 5.91 Å². The standard InChI is InChI=1S/C25H28N6O/c1-17-6-7-23(31-12-10-19(3)29-31)21(13-17)25(32)30-11-4-5-18(2)22(30)8-9-24-27-15-20(14-26)16-28-24/h6-7,10,12-13,15-16,18,22H,4-5,8-9,11H2,1-3H3/t18-,22-/m1/s1. The zero-order valence-corrected chi connectivity index (χ0v) is 18.8. The van der Waals surface area contributed by atoms with Crippen molar-refractivity contribution in [2.24, 2.45) is 5.92 Å². The van der Waals surface area contributed by atoms with Gasteiger partial charge in [-0.1, -0.05) is 18.6 Å². The number of likely N-dealkylation sites (tertiary alicyclic amines) is 1. The Morgan fingerprint density at radius 1 is 1.22 bits per heavy atom. The molecule has 1 aromatic carbocycles. The van der Waals surface area contributed by atoms with E-state index >= 15 is 0 Å². The molecule has 0 saturated carbocycles. The number of benzene rings is 1. The fourth-order valence-electron chi connectivity index (χ4n) is 4.49. The number of nitriles is 1. The lowest BCUT2D eigenvalue weighted by Gasteiger charge is -2.40. The van der Waals surface area contributed by atoms with E-state index in [1.54, 1.807) is 17.1 Å². The molecule has 1 aliphatic heterocycles. The monoisotopic (exact) mass is 428 g/mol. The van der Waals surface area contributed by atoms with Crippen LogP contribution in [0.2, 0.25) is 0 Å². The Bertz CT molecular complexity index is 1140. The first-order chi connectivity index (χ1) is 15.5. The molecule has 1 amide bonds. The molecule has 0 aliphatic carbocycles. The lowest BCUT2D eigenvalue weighted by Crippen LogP contribution is -2.48. The molecule has 2 atom stereocenters. The van der Waals surface area contributed by atoms with Gasteiger partial charge in [-0.3, -0.25) is 4.79 Å². The number of carbonyl (C=O) groups excluding carboxylic acids is 1. The molecule has 2 aromatic heterocycles. The number of aromatic nitrogens is 4. The molecule has 164 valence electrons. The van der Waals surface area contributed by atoms with Crippen molar-refractivity contribution in [3.05, 3.63) is 71.1 Å². The molecule has 1 aliphatic rings. The van der Waals surface area contributed by atoms with E-state index in [2.05, 4.69) is 22.0 Å². The minimum atomic E-state index is 0.0501. The maximum atomic E-state index is 13.8. The van der Waals surface area contributed by atoms with Crippen LogP contribution < -0.4 is 0 Å². The van der Waals surface area contributed by atoms with Gasteiger partial charge >= 0.3 is 0 Å². The summed E-state index contributed by atoms with van der Waals surface area (Å²) in [4.78, 5) is 24.5. The van der Waals surface area contributed by atoms with Crippen LogP contribution in [0, 0.1) is 31.1 Å². The van der Waals surface area contributed by atoms with Crippen molar-refractivity contribution in [2.75, 3.05) is 6.54 Å². The van der Waals surface area contributed by atoms with Gasteiger partial charge in [-0.2, -0.15) is 10.4 Å².